The first-order valence-electron chi connectivity index (χ1n) is 38.6. The Balaban J connectivity index is 0.000000127. The van der Waals surface area contributed by atoms with Gasteiger partial charge in [0.15, 0.2) is 9.84 Å². The number of nitrogens with zero attached hydrogens (tertiary/aromatic N) is 2. The van der Waals surface area contributed by atoms with E-state index in [4.69, 9.17) is 5.73 Å². The molecule has 32 heteroatoms. The van der Waals surface area contributed by atoms with Crippen molar-refractivity contribution in [2.24, 2.45) is 5.73 Å². The highest BCUT2D eigenvalue weighted by molar-refractivity contribution is 7.93. The molecule has 5 aromatic carbocycles. The van der Waals surface area contributed by atoms with Crippen molar-refractivity contribution in [3.63, 3.8) is 0 Å². The summed E-state index contributed by atoms with van der Waals surface area (Å²) in [5, 5.41) is 15.2. The Bertz CT molecular complexity index is 5950. The van der Waals surface area contributed by atoms with Gasteiger partial charge in [0, 0.05) is 32.4 Å². The number of nitrogens with one attached hydrogen (secondary N) is 6. The predicted molar refractivity (Wildman–Crippen MR) is 459 cm³/mol. The second-order valence-electron chi connectivity index (χ2n) is 30.2. The summed E-state index contributed by atoms with van der Waals surface area (Å²) >= 11 is 5.23. The van der Waals surface area contributed by atoms with E-state index in [2.05, 4.69) is 151 Å². The molecule has 7 aliphatic rings. The number of carbonyl (C=O) groups is 6. The molecule has 117 heavy (non-hydrogen) atoms. The number of primary amides is 1. The molecule has 5 atom stereocenters. The lowest BCUT2D eigenvalue weighted by Gasteiger charge is -2.28. The third kappa shape index (κ3) is 20.2. The van der Waals surface area contributed by atoms with E-state index in [0.717, 1.165) is 152 Å². The molecule has 2 aliphatic heterocycles. The highest BCUT2D eigenvalue weighted by Gasteiger charge is 2.35. The van der Waals surface area contributed by atoms with Crippen molar-refractivity contribution in [2.75, 3.05) is 39.5 Å². The number of carbonyl (C=O) groups excluding carboxylic acids is 6. The van der Waals surface area contributed by atoms with E-state index in [1.807, 2.05) is 6.07 Å². The number of benzene rings is 5. The number of sulfonamides is 3. The van der Waals surface area contributed by atoms with Crippen LogP contribution in [-0.4, -0.2) is 117 Å². The fourth-order valence-corrected chi connectivity index (χ4v) is 25.8. The molecule has 0 saturated carbocycles. The molecule has 616 valence electrons. The molecule has 0 unspecified atom stereocenters. The van der Waals surface area contributed by atoms with Crippen molar-refractivity contribution < 1.29 is 62.4 Å². The molecular weight excluding hydrogens is 1660 g/mol. The van der Waals surface area contributed by atoms with E-state index >= 15 is 0 Å². The molecule has 5 aliphatic carbocycles. The molecule has 8 N–H and O–H groups in total. The van der Waals surface area contributed by atoms with Crippen LogP contribution in [0.5, 0.6) is 0 Å². The predicted octanol–water partition coefficient (Wildman–Crippen LogP) is 14.0. The van der Waals surface area contributed by atoms with E-state index in [9.17, 15) is 62.4 Å². The summed E-state index contributed by atoms with van der Waals surface area (Å²) in [5.41, 5.74) is 23.7. The third-order valence-electron chi connectivity index (χ3n) is 21.7. The first-order chi connectivity index (χ1) is 55.7. The normalized spacial score (nSPS) is 18.4. The first kappa shape index (κ1) is 86.0. The van der Waals surface area contributed by atoms with Crippen molar-refractivity contribution >= 4 is 132 Å². The monoisotopic (exact) mass is 1750 g/mol. The van der Waals surface area contributed by atoms with Crippen molar-refractivity contribution in [1.29, 1.82) is 0 Å². The van der Waals surface area contributed by atoms with Crippen LogP contribution in [0.3, 0.4) is 0 Å². The summed E-state index contributed by atoms with van der Waals surface area (Å²) in [4.78, 5) is 75.9. The van der Waals surface area contributed by atoms with Crippen LogP contribution in [0.25, 0.3) is 0 Å². The minimum atomic E-state index is -3.50. The Morgan fingerprint density at radius 3 is 0.838 bits per heavy atom. The first-order valence-corrected chi connectivity index (χ1v) is 49.0. The Labute approximate surface area is 703 Å². The largest absolute Gasteiger partial charge is 0.365 e. The summed E-state index contributed by atoms with van der Waals surface area (Å²) < 4.78 is 103. The molecule has 5 aromatic heterocycles. The zero-order valence-corrected chi connectivity index (χ0v) is 73.1. The summed E-state index contributed by atoms with van der Waals surface area (Å²) in [5.74, 6) is -1.49. The van der Waals surface area contributed by atoms with Gasteiger partial charge in [0.1, 0.15) is 16.8 Å². The highest BCUT2D eigenvalue weighted by atomic mass is 32.3. The fourth-order valence-electron chi connectivity index (χ4n) is 15.4. The van der Waals surface area contributed by atoms with Gasteiger partial charge in [-0.1, -0.05) is 119 Å². The number of thiophene rings is 5. The zero-order valence-electron chi connectivity index (χ0n) is 65.7. The topological polar surface area (TPSA) is 344 Å². The molecular formula is C85H93N9O14S9. The van der Waals surface area contributed by atoms with Gasteiger partial charge in [-0.05, 0) is 241 Å². The van der Waals surface area contributed by atoms with E-state index < -0.39 is 45.8 Å². The third-order valence-corrected chi connectivity index (χ3v) is 35.6. The lowest BCUT2D eigenvalue weighted by Crippen LogP contribution is -2.41. The van der Waals surface area contributed by atoms with Crippen LogP contribution in [-0.2, 0) is 72.0 Å². The lowest BCUT2D eigenvalue weighted by atomic mass is 10.1. The lowest BCUT2D eigenvalue weighted by molar-refractivity contribution is 0.0932. The molecule has 0 radical (unpaired) electrons. The summed E-state index contributed by atoms with van der Waals surface area (Å²) in [6.07, 6.45) is 13.1. The van der Waals surface area contributed by atoms with Gasteiger partial charge in [0.25, 0.3) is 55.5 Å². The quantitative estimate of drug-likeness (QED) is 0.0420. The number of hydrogen-bond acceptors (Lipinski definition) is 19. The van der Waals surface area contributed by atoms with Crippen LogP contribution < -0.4 is 37.0 Å². The Kier molecular flexibility index (Phi) is 26.7. The minimum Gasteiger partial charge on any atom is -0.365 e. The van der Waals surface area contributed by atoms with E-state index in [0.29, 0.717) is 55.4 Å². The van der Waals surface area contributed by atoms with E-state index in [1.54, 1.807) is 48.5 Å². The Hall–Kier alpha value is -8.90. The number of aryl methyl sites for hydroxylation is 10. The van der Waals surface area contributed by atoms with Gasteiger partial charge in [-0.25, -0.2) is 38.4 Å². The maximum atomic E-state index is 12.6. The van der Waals surface area contributed by atoms with Crippen LogP contribution in [0.1, 0.15) is 223 Å². The number of amides is 6. The van der Waals surface area contributed by atoms with Crippen LogP contribution in [0, 0.1) is 34.6 Å². The number of rotatable bonds is 18. The number of fused-ring (bicyclic) bond motifs is 5. The molecule has 0 bridgehead atoms. The fraction of sp³-hybridized carbons (Fsp3) is 0.341. The van der Waals surface area contributed by atoms with E-state index in [-0.39, 0.29) is 76.6 Å². The van der Waals surface area contributed by atoms with Gasteiger partial charge in [0.2, 0.25) is 10.0 Å². The molecule has 17 rings (SSSR count). The standard InChI is InChI=1S/C19H22N2O3S2.C18H20N2O3S2.C16H18N2O3S2.C16H16N2O2S.C16H17NO3S2/c1-13-4-6-15-14(12-13)5-7-16(15)20-19(22)17-8-9-18(25-17)26(23,24)21-10-2-3-11-21;1-12-3-5-14-13(11-12)4-6-15(14)19-18(21)16-7-8-17(24-16)25(22,23)20-9-2-10-20;1-10-3-5-12-11(9-10)4-6-13(12)18-16(19)14-7-8-15(22-14)23(20,21)17-2;1-9-2-4-11-10(8-9)3-5-12(11)18-16(20)14-7-6-13(21-14)15(17)19;1-10-3-5-12-11(9-10)4-6-13(12)17-16(18)14-7-8-15(21-14)22(2,19)20/h4,6,8-9,12,16H,2-3,5,7,10-11H2,1H3,(H,20,22);3,5,7-8,11,15H,2,4,6,9-10H2,1H3,(H,19,21);3,5,7-9,13,17H,4,6H2,1-2H3,(H,18,19);2,4,6-8,12H,3,5H2,1H3,(H2,17,19)(H,18,20);3,5,7-9,13H,4,6H2,1-2H3,(H,17,18)/t16-;15-;13-;12-;13-/m11111/s1. The molecule has 2 fully saturated rings. The maximum Gasteiger partial charge on any atom is 0.261 e. The average molecular weight is 1750 g/mol. The summed E-state index contributed by atoms with van der Waals surface area (Å²) in [7, 11) is -12.3. The molecule has 2 saturated heterocycles. The minimum absolute atomic E-state index is 0.000592. The van der Waals surface area contributed by atoms with Gasteiger partial charge < -0.3 is 32.3 Å². The average Bonchev–Trinajstić information content (AvgIpc) is 1.78. The second-order valence-corrected chi connectivity index (χ2v) is 44.3. The molecule has 10 aromatic rings. The van der Waals surface area contributed by atoms with Crippen LogP contribution in [0.2, 0.25) is 0 Å². The van der Waals surface area contributed by atoms with Crippen molar-refractivity contribution in [2.45, 2.75) is 165 Å². The second kappa shape index (κ2) is 36.4. The highest BCUT2D eigenvalue weighted by Crippen LogP contribution is 2.39. The number of nitrogens with two attached hydrogens (primary N) is 1. The van der Waals surface area contributed by atoms with Gasteiger partial charge in [-0.15, -0.1) is 56.7 Å². The Morgan fingerprint density at radius 1 is 0.333 bits per heavy atom. The smallest absolute Gasteiger partial charge is 0.261 e. The van der Waals surface area contributed by atoms with Crippen molar-refractivity contribution in [3.8, 4) is 0 Å². The van der Waals surface area contributed by atoms with Gasteiger partial charge in [0.05, 0.1) is 59.5 Å². The van der Waals surface area contributed by atoms with Crippen molar-refractivity contribution in [1.82, 2.24) is 39.9 Å². The van der Waals surface area contributed by atoms with Gasteiger partial charge >= 0.3 is 0 Å². The SMILES string of the molecule is CNS(=O)(=O)c1ccc(C(=O)N[C@@H]2CCc3cc(C)ccc32)s1.Cc1ccc2c(c1)CC[C@H]2NC(=O)c1ccc(C(N)=O)s1.Cc1ccc2c(c1)CC[C@H]2NC(=O)c1ccc(S(=O)(=O)N2CCC2)s1.Cc1ccc2c(c1)CC[C@H]2NC(=O)c1ccc(S(=O)(=O)N2CCCC2)s1.Cc1ccc2c(c1)CC[C@H]2NC(=O)c1ccc(S(C)(=O)=O)s1. The van der Waals surface area contributed by atoms with Crippen LogP contribution in [0.4, 0.5) is 0 Å². The maximum absolute atomic E-state index is 12.6. The number of sulfone groups is 1. The summed E-state index contributed by atoms with van der Waals surface area (Å²) in [6, 6.07) is 47.2. The number of hydrogen-bond donors (Lipinski definition) is 7. The van der Waals surface area contributed by atoms with E-state index in [1.165, 1.54) is 106 Å². The molecule has 7 heterocycles. The Morgan fingerprint density at radius 2 is 0.581 bits per heavy atom. The molecule has 0 spiro atoms. The molecule has 23 nitrogen and oxygen atoms in total. The van der Waals surface area contributed by atoms with Gasteiger partial charge in [-0.3, -0.25) is 28.8 Å². The zero-order chi connectivity index (χ0) is 83.4. The van der Waals surface area contributed by atoms with Crippen molar-refractivity contribution in [3.05, 3.63) is 264 Å². The van der Waals surface area contributed by atoms with Gasteiger partial charge in [-0.2, -0.15) is 8.61 Å². The molecule has 6 amide bonds. The van der Waals surface area contributed by atoms with Crippen LogP contribution >= 0.6 is 56.7 Å². The van der Waals surface area contributed by atoms with Crippen LogP contribution in [0.15, 0.2) is 168 Å². The summed E-state index contributed by atoms with van der Waals surface area (Å²) in [6.45, 7) is 12.6.